The van der Waals surface area contributed by atoms with E-state index in [2.05, 4.69) is 6.07 Å². The van der Waals surface area contributed by atoms with Gasteiger partial charge in [0.15, 0.2) is 0 Å². The maximum Gasteiger partial charge on any atom is 0.243 e. The summed E-state index contributed by atoms with van der Waals surface area (Å²) in [6.45, 7) is 4.36. The van der Waals surface area contributed by atoms with Gasteiger partial charge in [0.2, 0.25) is 5.91 Å². The van der Waals surface area contributed by atoms with Crippen LogP contribution >= 0.6 is 0 Å². The number of aliphatic hydroxyl groups excluding tert-OH is 1. The van der Waals surface area contributed by atoms with Gasteiger partial charge in [0, 0.05) is 12.6 Å². The van der Waals surface area contributed by atoms with Crippen molar-refractivity contribution >= 4 is 5.91 Å². The van der Waals surface area contributed by atoms with Crippen molar-refractivity contribution in [3.8, 4) is 6.07 Å². The molecule has 0 heterocycles. The Balaban J connectivity index is 2.77. The van der Waals surface area contributed by atoms with Crippen LogP contribution in [0.25, 0.3) is 0 Å². The summed E-state index contributed by atoms with van der Waals surface area (Å²) >= 11 is 0. The fourth-order valence-corrected chi connectivity index (χ4v) is 2.06. The third kappa shape index (κ3) is 2.35. The number of aliphatic hydroxyl groups is 1. The quantitative estimate of drug-likeness (QED) is 0.739. The van der Waals surface area contributed by atoms with Crippen LogP contribution in [0.1, 0.15) is 39.5 Å². The molecule has 0 saturated heterocycles. The van der Waals surface area contributed by atoms with Gasteiger partial charge in [-0.1, -0.05) is 13.8 Å². The number of carbonyl (C=O) groups is 1. The second-order valence-corrected chi connectivity index (χ2v) is 4.39. The van der Waals surface area contributed by atoms with Gasteiger partial charge in [-0.25, -0.2) is 0 Å². The molecule has 1 N–H and O–H groups in total. The van der Waals surface area contributed by atoms with E-state index in [1.54, 1.807) is 4.90 Å². The third-order valence-electron chi connectivity index (χ3n) is 3.36. The number of nitrogens with zero attached hydrogens (tertiary/aromatic N) is 2. The van der Waals surface area contributed by atoms with E-state index in [1.807, 2.05) is 13.8 Å². The minimum Gasteiger partial charge on any atom is -0.395 e. The number of nitriles is 1. The SMILES string of the molecule is CCC(CC)N(CCO)C(=O)C1(C#N)CC1. The predicted molar refractivity (Wildman–Crippen MR) is 60.4 cm³/mol. The summed E-state index contributed by atoms with van der Waals surface area (Å²) in [6.07, 6.45) is 3.07. The first-order valence-electron chi connectivity index (χ1n) is 5.98. The molecule has 0 aliphatic heterocycles. The number of rotatable bonds is 6. The van der Waals surface area contributed by atoms with Crippen molar-refractivity contribution in [2.75, 3.05) is 13.2 Å². The van der Waals surface area contributed by atoms with Crippen molar-refractivity contribution < 1.29 is 9.90 Å². The van der Waals surface area contributed by atoms with Crippen molar-refractivity contribution in [1.29, 1.82) is 5.26 Å². The van der Waals surface area contributed by atoms with E-state index in [4.69, 9.17) is 10.4 Å². The van der Waals surface area contributed by atoms with Crippen molar-refractivity contribution in [2.24, 2.45) is 5.41 Å². The van der Waals surface area contributed by atoms with E-state index < -0.39 is 5.41 Å². The first-order valence-corrected chi connectivity index (χ1v) is 5.98. The largest absolute Gasteiger partial charge is 0.395 e. The van der Waals surface area contributed by atoms with Crippen LogP contribution in [-0.4, -0.2) is 35.1 Å². The average molecular weight is 224 g/mol. The lowest BCUT2D eigenvalue weighted by molar-refractivity contribution is -0.138. The minimum absolute atomic E-state index is 0.0379. The van der Waals surface area contributed by atoms with Crippen LogP contribution in [0, 0.1) is 16.7 Å². The van der Waals surface area contributed by atoms with Crippen LogP contribution in [0.15, 0.2) is 0 Å². The predicted octanol–water partition coefficient (Wildman–Crippen LogP) is 1.30. The second kappa shape index (κ2) is 5.31. The molecule has 1 aliphatic carbocycles. The van der Waals surface area contributed by atoms with Crippen LogP contribution < -0.4 is 0 Å². The maximum atomic E-state index is 12.2. The number of hydrogen-bond acceptors (Lipinski definition) is 3. The highest BCUT2D eigenvalue weighted by Crippen LogP contribution is 2.46. The Morgan fingerprint density at radius 3 is 2.38 bits per heavy atom. The van der Waals surface area contributed by atoms with Gasteiger partial charge in [-0.15, -0.1) is 0 Å². The van der Waals surface area contributed by atoms with E-state index in [0.717, 1.165) is 12.8 Å². The lowest BCUT2D eigenvalue weighted by Gasteiger charge is -2.31. The molecule has 0 aromatic carbocycles. The molecule has 0 aromatic rings. The molecule has 0 bridgehead atoms. The van der Waals surface area contributed by atoms with E-state index in [-0.39, 0.29) is 18.6 Å². The maximum absolute atomic E-state index is 12.2. The smallest absolute Gasteiger partial charge is 0.243 e. The van der Waals surface area contributed by atoms with E-state index in [0.29, 0.717) is 19.4 Å². The Labute approximate surface area is 96.9 Å². The molecule has 16 heavy (non-hydrogen) atoms. The van der Waals surface area contributed by atoms with Crippen LogP contribution in [-0.2, 0) is 4.79 Å². The molecule has 4 heteroatoms. The van der Waals surface area contributed by atoms with Crippen molar-refractivity contribution in [3.63, 3.8) is 0 Å². The molecule has 0 unspecified atom stereocenters. The zero-order valence-electron chi connectivity index (χ0n) is 10.1. The Hall–Kier alpha value is -1.08. The van der Waals surface area contributed by atoms with Crippen molar-refractivity contribution in [1.82, 2.24) is 4.90 Å². The first kappa shape index (κ1) is 13.0. The van der Waals surface area contributed by atoms with Gasteiger partial charge < -0.3 is 10.0 Å². The monoisotopic (exact) mass is 224 g/mol. The zero-order chi connectivity index (χ0) is 12.2. The van der Waals surface area contributed by atoms with Crippen LogP contribution in [0.2, 0.25) is 0 Å². The number of carbonyl (C=O) groups excluding carboxylic acids is 1. The molecular weight excluding hydrogens is 204 g/mol. The molecule has 1 rings (SSSR count). The van der Waals surface area contributed by atoms with E-state index in [9.17, 15) is 4.79 Å². The van der Waals surface area contributed by atoms with Crippen molar-refractivity contribution in [3.05, 3.63) is 0 Å². The molecule has 0 aromatic heterocycles. The molecule has 0 atom stereocenters. The van der Waals surface area contributed by atoms with E-state index in [1.165, 1.54) is 0 Å². The van der Waals surface area contributed by atoms with Gasteiger partial charge in [0.25, 0.3) is 0 Å². The summed E-state index contributed by atoms with van der Waals surface area (Å²) in [5.74, 6) is -0.0854. The minimum atomic E-state index is -0.766. The highest BCUT2D eigenvalue weighted by atomic mass is 16.3. The van der Waals surface area contributed by atoms with Gasteiger partial charge in [0.1, 0.15) is 5.41 Å². The standard InChI is InChI=1S/C12H20N2O2/c1-3-10(4-2)14(7-8-15)11(16)12(9-13)5-6-12/h10,15H,3-8H2,1-2H3. The fraction of sp³-hybridized carbons (Fsp3) is 0.833. The molecule has 90 valence electrons. The van der Waals surface area contributed by atoms with Gasteiger partial charge in [0.05, 0.1) is 12.7 Å². The lowest BCUT2D eigenvalue weighted by Crippen LogP contribution is -2.45. The van der Waals surface area contributed by atoms with Gasteiger partial charge >= 0.3 is 0 Å². The van der Waals surface area contributed by atoms with Gasteiger partial charge in [-0.05, 0) is 25.7 Å². The second-order valence-electron chi connectivity index (χ2n) is 4.39. The van der Waals surface area contributed by atoms with Gasteiger partial charge in [-0.2, -0.15) is 5.26 Å². The Morgan fingerprint density at radius 2 is 2.06 bits per heavy atom. The molecule has 0 radical (unpaired) electrons. The average Bonchev–Trinajstić information content (AvgIpc) is 3.09. The Morgan fingerprint density at radius 1 is 1.50 bits per heavy atom. The third-order valence-corrected chi connectivity index (χ3v) is 3.36. The topological polar surface area (TPSA) is 64.3 Å². The zero-order valence-corrected chi connectivity index (χ0v) is 10.1. The lowest BCUT2D eigenvalue weighted by atomic mass is 10.0. The highest BCUT2D eigenvalue weighted by molar-refractivity contribution is 5.88. The first-order chi connectivity index (χ1) is 7.65. The molecule has 1 saturated carbocycles. The summed E-state index contributed by atoms with van der Waals surface area (Å²) in [4.78, 5) is 13.9. The van der Waals surface area contributed by atoms with Crippen LogP contribution in [0.4, 0.5) is 0 Å². The fourth-order valence-electron chi connectivity index (χ4n) is 2.06. The summed E-state index contributed by atoms with van der Waals surface area (Å²) in [5, 5.41) is 18.0. The summed E-state index contributed by atoms with van der Waals surface area (Å²) < 4.78 is 0. The van der Waals surface area contributed by atoms with Gasteiger partial charge in [-0.3, -0.25) is 4.79 Å². The molecule has 4 nitrogen and oxygen atoms in total. The van der Waals surface area contributed by atoms with Crippen LogP contribution in [0.5, 0.6) is 0 Å². The highest BCUT2D eigenvalue weighted by Gasteiger charge is 2.53. The molecule has 1 fully saturated rings. The van der Waals surface area contributed by atoms with E-state index >= 15 is 0 Å². The van der Waals surface area contributed by atoms with Crippen LogP contribution in [0.3, 0.4) is 0 Å². The van der Waals surface area contributed by atoms with Crippen molar-refractivity contribution in [2.45, 2.75) is 45.6 Å². The summed E-state index contributed by atoms with van der Waals surface area (Å²) in [7, 11) is 0. The molecule has 0 spiro atoms. The molecule has 1 amide bonds. The Bertz CT molecular complexity index is 288. The normalized spacial score (nSPS) is 16.9. The Kier molecular flexibility index (Phi) is 4.31. The number of hydrogen-bond donors (Lipinski definition) is 1. The summed E-state index contributed by atoms with van der Waals surface area (Å²) in [5.41, 5.74) is -0.766. The molecular formula is C12H20N2O2. The molecule has 1 aliphatic rings. The summed E-state index contributed by atoms with van der Waals surface area (Å²) in [6, 6.07) is 2.27. The number of amides is 1.